The molecule has 1 N–H and O–H groups in total. The van der Waals surface area contributed by atoms with E-state index in [1.54, 1.807) is 11.3 Å². The number of methoxy groups -OCH3 is 1. The predicted octanol–water partition coefficient (Wildman–Crippen LogP) is 1.96. The highest BCUT2D eigenvalue weighted by Crippen LogP contribution is 2.21. The van der Waals surface area contributed by atoms with E-state index in [0.29, 0.717) is 6.42 Å². The lowest BCUT2D eigenvalue weighted by molar-refractivity contribution is -0.141. The topological polar surface area (TPSA) is 38.3 Å². The van der Waals surface area contributed by atoms with E-state index in [2.05, 4.69) is 10.1 Å². The van der Waals surface area contributed by atoms with Gasteiger partial charge in [-0.1, -0.05) is 13.0 Å². The molecule has 0 aliphatic rings. The Bertz CT molecular complexity index is 272. The molecule has 0 aliphatic carbocycles. The molecule has 0 aliphatic heterocycles. The summed E-state index contributed by atoms with van der Waals surface area (Å²) in [5, 5.41) is 5.27. The minimum absolute atomic E-state index is 0.0902. The summed E-state index contributed by atoms with van der Waals surface area (Å²) in [7, 11) is 1.42. The molecule has 0 saturated heterocycles. The van der Waals surface area contributed by atoms with Crippen molar-refractivity contribution in [2.45, 2.75) is 19.4 Å². The zero-order valence-electron chi connectivity index (χ0n) is 8.45. The lowest BCUT2D eigenvalue weighted by Crippen LogP contribution is -2.23. The van der Waals surface area contributed by atoms with E-state index in [0.717, 1.165) is 6.54 Å². The molecule has 1 aromatic rings. The second-order valence-electron chi connectivity index (χ2n) is 2.91. The van der Waals surface area contributed by atoms with Gasteiger partial charge in [0.25, 0.3) is 0 Å². The van der Waals surface area contributed by atoms with Crippen molar-refractivity contribution in [2.24, 2.45) is 0 Å². The van der Waals surface area contributed by atoms with Crippen LogP contribution < -0.4 is 5.32 Å². The lowest BCUT2D eigenvalue weighted by atomic mass is 10.1. The molecule has 1 aromatic heterocycles. The third kappa shape index (κ3) is 3.12. The Balaban J connectivity index is 2.60. The summed E-state index contributed by atoms with van der Waals surface area (Å²) in [6.07, 6.45) is 0.394. The molecule has 0 fully saturated rings. The maximum atomic E-state index is 11.1. The summed E-state index contributed by atoms with van der Waals surface area (Å²) in [6, 6.07) is 4.11. The summed E-state index contributed by atoms with van der Waals surface area (Å²) in [5.74, 6) is -0.177. The Hall–Kier alpha value is -0.870. The van der Waals surface area contributed by atoms with Gasteiger partial charge < -0.3 is 10.1 Å². The van der Waals surface area contributed by atoms with Crippen LogP contribution in [0.25, 0.3) is 0 Å². The van der Waals surface area contributed by atoms with Crippen molar-refractivity contribution in [3.8, 4) is 0 Å². The second-order valence-corrected chi connectivity index (χ2v) is 3.89. The number of carbonyl (C=O) groups excluding carboxylic acids is 1. The fourth-order valence-electron chi connectivity index (χ4n) is 1.26. The minimum atomic E-state index is -0.177. The SMILES string of the molecule is CCNC(CC(=O)OC)c1cccs1. The van der Waals surface area contributed by atoms with E-state index < -0.39 is 0 Å². The summed E-state index contributed by atoms with van der Waals surface area (Å²) in [6.45, 7) is 2.87. The van der Waals surface area contributed by atoms with Gasteiger partial charge in [-0.15, -0.1) is 11.3 Å². The van der Waals surface area contributed by atoms with Crippen molar-refractivity contribution in [1.29, 1.82) is 0 Å². The number of rotatable bonds is 5. The van der Waals surface area contributed by atoms with E-state index in [1.807, 2.05) is 24.4 Å². The van der Waals surface area contributed by atoms with E-state index in [-0.39, 0.29) is 12.0 Å². The van der Waals surface area contributed by atoms with Crippen molar-refractivity contribution < 1.29 is 9.53 Å². The van der Waals surface area contributed by atoms with Crippen LogP contribution in [0.5, 0.6) is 0 Å². The Labute approximate surface area is 88.1 Å². The van der Waals surface area contributed by atoms with Crippen molar-refractivity contribution >= 4 is 17.3 Å². The van der Waals surface area contributed by atoms with Crippen LogP contribution in [0.3, 0.4) is 0 Å². The molecule has 1 unspecified atom stereocenters. The van der Waals surface area contributed by atoms with E-state index in [9.17, 15) is 4.79 Å². The first-order chi connectivity index (χ1) is 6.77. The highest BCUT2D eigenvalue weighted by Gasteiger charge is 2.15. The highest BCUT2D eigenvalue weighted by molar-refractivity contribution is 7.10. The standard InChI is InChI=1S/C10H15NO2S/c1-3-11-8(7-10(12)13-2)9-5-4-6-14-9/h4-6,8,11H,3,7H2,1-2H3. The largest absolute Gasteiger partial charge is 0.469 e. The number of carbonyl (C=O) groups is 1. The van der Waals surface area contributed by atoms with Gasteiger partial charge in [0.2, 0.25) is 0 Å². The Kier molecular flexibility index (Phi) is 4.62. The van der Waals surface area contributed by atoms with Gasteiger partial charge in [-0.05, 0) is 18.0 Å². The maximum absolute atomic E-state index is 11.1. The van der Waals surface area contributed by atoms with Crippen molar-refractivity contribution in [3.63, 3.8) is 0 Å². The van der Waals surface area contributed by atoms with Crippen LogP contribution in [0.15, 0.2) is 17.5 Å². The van der Waals surface area contributed by atoms with Crippen molar-refractivity contribution in [1.82, 2.24) is 5.32 Å². The summed E-state index contributed by atoms with van der Waals surface area (Å²) in [4.78, 5) is 12.3. The molecule has 0 saturated carbocycles. The first-order valence-corrected chi connectivity index (χ1v) is 5.49. The normalized spacial score (nSPS) is 12.4. The number of esters is 1. The van der Waals surface area contributed by atoms with E-state index in [1.165, 1.54) is 12.0 Å². The predicted molar refractivity (Wildman–Crippen MR) is 57.4 cm³/mol. The van der Waals surface area contributed by atoms with Gasteiger partial charge in [0.1, 0.15) is 0 Å². The van der Waals surface area contributed by atoms with Crippen LogP contribution in [0.1, 0.15) is 24.3 Å². The average Bonchev–Trinajstić information content (AvgIpc) is 2.69. The van der Waals surface area contributed by atoms with Gasteiger partial charge >= 0.3 is 5.97 Å². The van der Waals surface area contributed by atoms with Gasteiger partial charge in [-0.25, -0.2) is 0 Å². The fourth-order valence-corrected chi connectivity index (χ4v) is 2.06. The molecule has 78 valence electrons. The molecular weight excluding hydrogens is 198 g/mol. The fraction of sp³-hybridized carbons (Fsp3) is 0.500. The van der Waals surface area contributed by atoms with Gasteiger partial charge in [-0.2, -0.15) is 0 Å². The monoisotopic (exact) mass is 213 g/mol. The number of hydrogen-bond acceptors (Lipinski definition) is 4. The first-order valence-electron chi connectivity index (χ1n) is 4.61. The summed E-state index contributed by atoms with van der Waals surface area (Å²) < 4.78 is 4.65. The molecule has 0 aromatic carbocycles. The van der Waals surface area contributed by atoms with Crippen LogP contribution in [0.4, 0.5) is 0 Å². The number of ether oxygens (including phenoxy) is 1. The molecule has 1 atom stereocenters. The molecule has 1 rings (SSSR count). The van der Waals surface area contributed by atoms with Gasteiger partial charge in [0.05, 0.1) is 19.6 Å². The minimum Gasteiger partial charge on any atom is -0.469 e. The quantitative estimate of drug-likeness (QED) is 0.760. The van der Waals surface area contributed by atoms with Gasteiger partial charge in [0.15, 0.2) is 0 Å². The smallest absolute Gasteiger partial charge is 0.307 e. The highest BCUT2D eigenvalue weighted by atomic mass is 32.1. The van der Waals surface area contributed by atoms with Gasteiger partial charge in [0, 0.05) is 4.88 Å². The molecule has 0 radical (unpaired) electrons. The van der Waals surface area contributed by atoms with E-state index >= 15 is 0 Å². The summed E-state index contributed by atoms with van der Waals surface area (Å²) in [5.41, 5.74) is 0. The molecule has 1 heterocycles. The van der Waals surface area contributed by atoms with Crippen LogP contribution in [-0.2, 0) is 9.53 Å². The maximum Gasteiger partial charge on any atom is 0.307 e. The summed E-state index contributed by atoms with van der Waals surface area (Å²) >= 11 is 1.65. The third-order valence-corrected chi connectivity index (χ3v) is 2.92. The van der Waals surface area contributed by atoms with Crippen LogP contribution in [0, 0.1) is 0 Å². The van der Waals surface area contributed by atoms with E-state index in [4.69, 9.17) is 0 Å². The first kappa shape index (κ1) is 11.2. The Morgan fingerprint density at radius 3 is 3.00 bits per heavy atom. The number of nitrogens with one attached hydrogen (secondary N) is 1. The molecule has 0 spiro atoms. The molecule has 0 amide bonds. The Morgan fingerprint density at radius 2 is 2.50 bits per heavy atom. The van der Waals surface area contributed by atoms with Crippen LogP contribution in [0.2, 0.25) is 0 Å². The Morgan fingerprint density at radius 1 is 1.71 bits per heavy atom. The van der Waals surface area contributed by atoms with Crippen molar-refractivity contribution in [3.05, 3.63) is 22.4 Å². The second kappa shape index (κ2) is 5.78. The molecule has 0 bridgehead atoms. The molecule has 3 nitrogen and oxygen atoms in total. The lowest BCUT2D eigenvalue weighted by Gasteiger charge is -2.14. The zero-order valence-corrected chi connectivity index (χ0v) is 9.26. The molecular formula is C10H15NO2S. The van der Waals surface area contributed by atoms with Crippen LogP contribution >= 0.6 is 11.3 Å². The third-order valence-electron chi connectivity index (χ3n) is 1.94. The molecule has 14 heavy (non-hydrogen) atoms. The van der Waals surface area contributed by atoms with Gasteiger partial charge in [-0.3, -0.25) is 4.79 Å². The average molecular weight is 213 g/mol. The zero-order chi connectivity index (χ0) is 10.4. The number of hydrogen-bond donors (Lipinski definition) is 1. The van der Waals surface area contributed by atoms with Crippen molar-refractivity contribution in [2.75, 3.05) is 13.7 Å². The van der Waals surface area contributed by atoms with Crippen LogP contribution in [-0.4, -0.2) is 19.6 Å². The molecule has 4 heteroatoms. The number of thiophene rings is 1.